The summed E-state index contributed by atoms with van der Waals surface area (Å²) in [5, 5.41) is 0.466. The van der Waals surface area contributed by atoms with Crippen molar-refractivity contribution >= 4 is 22.9 Å². The van der Waals surface area contributed by atoms with Crippen molar-refractivity contribution in [1.29, 1.82) is 0 Å². The molecule has 0 radical (unpaired) electrons. The number of esters is 2. The van der Waals surface area contributed by atoms with Gasteiger partial charge in [-0.3, -0.25) is 0 Å². The molecule has 0 unspecified atom stereocenters. The average molecular weight is 368 g/mol. The molecule has 7 heteroatoms. The van der Waals surface area contributed by atoms with Gasteiger partial charge in [0.15, 0.2) is 5.58 Å². The smallest absolute Gasteiger partial charge is 0.344 e. The van der Waals surface area contributed by atoms with Crippen LogP contribution in [0.4, 0.5) is 0 Å². The molecular formula is C20H16O7. The minimum atomic E-state index is -0.804. The van der Waals surface area contributed by atoms with Gasteiger partial charge < -0.3 is 18.6 Å². The topological polar surface area (TPSA) is 92.0 Å². The Balaban J connectivity index is 2.25. The van der Waals surface area contributed by atoms with E-state index in [0.29, 0.717) is 22.3 Å². The van der Waals surface area contributed by atoms with Crippen molar-refractivity contribution < 1.29 is 28.2 Å². The molecule has 1 heterocycles. The molecule has 0 aliphatic carbocycles. The van der Waals surface area contributed by atoms with Gasteiger partial charge in [-0.1, -0.05) is 18.2 Å². The summed E-state index contributed by atoms with van der Waals surface area (Å²) in [6, 6.07) is 11.5. The van der Waals surface area contributed by atoms with Crippen LogP contribution in [0.2, 0.25) is 0 Å². The third-order valence-corrected chi connectivity index (χ3v) is 4.10. The van der Waals surface area contributed by atoms with E-state index >= 15 is 0 Å². The zero-order valence-electron chi connectivity index (χ0n) is 14.9. The summed E-state index contributed by atoms with van der Waals surface area (Å²) in [5.41, 5.74) is 0.0548. The normalized spacial score (nSPS) is 10.5. The minimum Gasteiger partial charge on any atom is -0.497 e. The Labute approximate surface area is 154 Å². The van der Waals surface area contributed by atoms with E-state index in [1.807, 2.05) is 0 Å². The van der Waals surface area contributed by atoms with Crippen molar-refractivity contribution in [2.24, 2.45) is 0 Å². The molecule has 0 saturated heterocycles. The van der Waals surface area contributed by atoms with Crippen molar-refractivity contribution in [1.82, 2.24) is 0 Å². The number of hydrogen-bond acceptors (Lipinski definition) is 7. The molecule has 0 atom stereocenters. The summed E-state index contributed by atoms with van der Waals surface area (Å²) in [5.74, 6) is -0.889. The Morgan fingerprint density at radius 1 is 0.889 bits per heavy atom. The second kappa shape index (κ2) is 7.33. The molecule has 0 N–H and O–H groups in total. The molecule has 138 valence electrons. The van der Waals surface area contributed by atoms with E-state index in [0.717, 1.165) is 0 Å². The number of fused-ring (bicyclic) bond motifs is 1. The fourth-order valence-corrected chi connectivity index (χ4v) is 2.74. The number of rotatable bonds is 4. The Morgan fingerprint density at radius 3 is 2.15 bits per heavy atom. The van der Waals surface area contributed by atoms with E-state index in [-0.39, 0.29) is 16.7 Å². The van der Waals surface area contributed by atoms with E-state index in [4.69, 9.17) is 13.9 Å². The van der Waals surface area contributed by atoms with Gasteiger partial charge in [-0.05, 0) is 29.8 Å². The Bertz CT molecular complexity index is 1080. The lowest BCUT2D eigenvalue weighted by Crippen LogP contribution is -2.14. The maximum absolute atomic E-state index is 12.5. The number of benzene rings is 2. The summed E-state index contributed by atoms with van der Waals surface area (Å²) in [6.45, 7) is 0. The maximum Gasteiger partial charge on any atom is 0.344 e. The lowest BCUT2D eigenvalue weighted by molar-refractivity contribution is 0.0556. The quantitative estimate of drug-likeness (QED) is 0.516. The first-order valence-electron chi connectivity index (χ1n) is 7.92. The van der Waals surface area contributed by atoms with E-state index in [9.17, 15) is 14.4 Å². The van der Waals surface area contributed by atoms with Crippen LogP contribution in [0.15, 0.2) is 51.7 Å². The number of ether oxygens (including phenoxy) is 3. The standard InChI is InChI=1S/C20H16O7/c1-24-13-7-4-11(5-8-13)15-10-12-6-9-14(18(21)25-2)16(20(23)26-3)17(12)27-19(15)22/h4-10H,1-3H3. The number of carbonyl (C=O) groups is 2. The van der Waals surface area contributed by atoms with Crippen molar-refractivity contribution in [3.63, 3.8) is 0 Å². The largest absolute Gasteiger partial charge is 0.497 e. The molecule has 0 aliphatic rings. The zero-order chi connectivity index (χ0) is 19.6. The highest BCUT2D eigenvalue weighted by Crippen LogP contribution is 2.27. The van der Waals surface area contributed by atoms with Gasteiger partial charge in [0.05, 0.1) is 32.5 Å². The first-order valence-corrected chi connectivity index (χ1v) is 7.92. The van der Waals surface area contributed by atoms with Crippen LogP contribution < -0.4 is 10.4 Å². The zero-order valence-corrected chi connectivity index (χ0v) is 14.9. The predicted molar refractivity (Wildman–Crippen MR) is 97.2 cm³/mol. The monoisotopic (exact) mass is 368 g/mol. The molecule has 0 bridgehead atoms. The summed E-state index contributed by atoms with van der Waals surface area (Å²) in [7, 11) is 3.91. The third-order valence-electron chi connectivity index (χ3n) is 4.10. The molecule has 0 fully saturated rings. The van der Waals surface area contributed by atoms with Gasteiger partial charge in [0.25, 0.3) is 0 Å². The minimum absolute atomic E-state index is 0.0352. The average Bonchev–Trinajstić information content (AvgIpc) is 2.71. The van der Waals surface area contributed by atoms with Crippen molar-refractivity contribution in [3.8, 4) is 16.9 Å². The van der Waals surface area contributed by atoms with Crippen LogP contribution in [0.3, 0.4) is 0 Å². The lowest BCUT2D eigenvalue weighted by atomic mass is 10.0. The van der Waals surface area contributed by atoms with Crippen LogP contribution in [-0.4, -0.2) is 33.3 Å². The van der Waals surface area contributed by atoms with Crippen molar-refractivity contribution in [2.75, 3.05) is 21.3 Å². The highest BCUT2D eigenvalue weighted by molar-refractivity contribution is 6.11. The van der Waals surface area contributed by atoms with Gasteiger partial charge in [-0.15, -0.1) is 0 Å². The highest BCUT2D eigenvalue weighted by Gasteiger charge is 2.24. The summed E-state index contributed by atoms with van der Waals surface area (Å²) in [4.78, 5) is 36.7. The van der Waals surface area contributed by atoms with E-state index in [2.05, 4.69) is 4.74 Å². The fraction of sp³-hybridized carbons (Fsp3) is 0.150. The third kappa shape index (κ3) is 3.27. The Hall–Kier alpha value is -3.61. The summed E-state index contributed by atoms with van der Waals surface area (Å²) < 4.78 is 19.9. The summed E-state index contributed by atoms with van der Waals surface area (Å²) >= 11 is 0. The van der Waals surface area contributed by atoms with Gasteiger partial charge >= 0.3 is 17.6 Å². The van der Waals surface area contributed by atoms with Crippen LogP contribution in [-0.2, 0) is 9.47 Å². The molecule has 27 heavy (non-hydrogen) atoms. The second-order valence-corrected chi connectivity index (χ2v) is 5.57. The molecule has 0 spiro atoms. The van der Waals surface area contributed by atoms with Crippen LogP contribution >= 0.6 is 0 Å². The van der Waals surface area contributed by atoms with Gasteiger partial charge in [0.2, 0.25) is 0 Å². The number of methoxy groups -OCH3 is 3. The van der Waals surface area contributed by atoms with Crippen molar-refractivity contribution in [2.45, 2.75) is 0 Å². The molecule has 0 saturated carbocycles. The molecule has 0 aliphatic heterocycles. The van der Waals surface area contributed by atoms with Gasteiger partial charge in [-0.25, -0.2) is 14.4 Å². The molecule has 1 aromatic heterocycles. The van der Waals surface area contributed by atoms with Crippen molar-refractivity contribution in [3.05, 3.63) is 64.0 Å². The number of hydrogen-bond donors (Lipinski definition) is 0. The molecule has 0 amide bonds. The predicted octanol–water partition coefficient (Wildman–Crippen LogP) is 3.04. The molecule has 3 rings (SSSR count). The van der Waals surface area contributed by atoms with E-state index in [1.54, 1.807) is 43.5 Å². The highest BCUT2D eigenvalue weighted by atomic mass is 16.5. The van der Waals surface area contributed by atoms with Gasteiger partial charge in [0.1, 0.15) is 11.3 Å². The van der Waals surface area contributed by atoms with Crippen LogP contribution in [0, 0.1) is 0 Å². The Morgan fingerprint density at radius 2 is 1.56 bits per heavy atom. The maximum atomic E-state index is 12.5. The van der Waals surface area contributed by atoms with Crippen LogP contribution in [0.5, 0.6) is 5.75 Å². The molecule has 7 nitrogen and oxygen atoms in total. The number of carbonyl (C=O) groups excluding carboxylic acids is 2. The fourth-order valence-electron chi connectivity index (χ4n) is 2.74. The molecule has 2 aromatic carbocycles. The molecule has 3 aromatic rings. The van der Waals surface area contributed by atoms with Crippen LogP contribution in [0.25, 0.3) is 22.1 Å². The molecular weight excluding hydrogens is 352 g/mol. The summed E-state index contributed by atoms with van der Waals surface area (Å²) in [6.07, 6.45) is 0. The first-order chi connectivity index (χ1) is 13.0. The van der Waals surface area contributed by atoms with Gasteiger partial charge in [-0.2, -0.15) is 0 Å². The SMILES string of the molecule is COC(=O)c1ccc2cc(-c3ccc(OC)cc3)c(=O)oc2c1C(=O)OC. The lowest BCUT2D eigenvalue weighted by Gasteiger charge is -2.10. The van der Waals surface area contributed by atoms with Crippen LogP contribution in [0.1, 0.15) is 20.7 Å². The first kappa shape index (κ1) is 18.2. The second-order valence-electron chi connectivity index (χ2n) is 5.57. The van der Waals surface area contributed by atoms with E-state index in [1.165, 1.54) is 20.3 Å². The van der Waals surface area contributed by atoms with Gasteiger partial charge in [0, 0.05) is 5.39 Å². The Kier molecular flexibility index (Phi) is 4.94. The van der Waals surface area contributed by atoms with E-state index < -0.39 is 17.6 Å².